The molecule has 0 saturated heterocycles. The summed E-state index contributed by atoms with van der Waals surface area (Å²) in [6.45, 7) is 1.25. The summed E-state index contributed by atoms with van der Waals surface area (Å²) >= 11 is 1.38. The molecule has 0 amide bonds. The van der Waals surface area contributed by atoms with Crippen molar-refractivity contribution in [1.82, 2.24) is 10.3 Å². The molecule has 1 N–H and O–H groups in total. The van der Waals surface area contributed by atoms with Gasteiger partial charge >= 0.3 is 0 Å². The molecule has 0 atom stereocenters. The second kappa shape index (κ2) is 4.85. The maximum atomic E-state index is 11.9. The molecule has 0 fully saturated rings. The molecule has 2 rings (SSSR count). The number of ether oxygens (including phenoxy) is 1. The van der Waals surface area contributed by atoms with Crippen LogP contribution in [-0.4, -0.2) is 31.1 Å². The van der Waals surface area contributed by atoms with Crippen LogP contribution in [0.5, 0.6) is 5.19 Å². The van der Waals surface area contributed by atoms with Gasteiger partial charge in [-0.15, -0.1) is 0 Å². The van der Waals surface area contributed by atoms with E-state index in [9.17, 15) is 8.78 Å². The lowest BCUT2D eigenvalue weighted by Crippen LogP contribution is -2.16. The van der Waals surface area contributed by atoms with Crippen LogP contribution in [0.25, 0.3) is 0 Å². The summed E-state index contributed by atoms with van der Waals surface area (Å²) < 4.78 is 28.7. The number of fused-ring (bicyclic) bond motifs is 1. The smallest absolute Gasteiger partial charge is 0.273 e. The monoisotopic (exact) mass is 234 g/mol. The van der Waals surface area contributed by atoms with Crippen LogP contribution in [0.15, 0.2) is 0 Å². The lowest BCUT2D eigenvalue weighted by molar-refractivity contribution is 0.0816. The Kier molecular flexibility index (Phi) is 3.48. The fourth-order valence-corrected chi connectivity index (χ4v) is 2.44. The fourth-order valence-electron chi connectivity index (χ4n) is 1.48. The van der Waals surface area contributed by atoms with Gasteiger partial charge in [-0.25, -0.2) is 13.8 Å². The highest BCUT2D eigenvalue weighted by Crippen LogP contribution is 2.27. The highest BCUT2D eigenvalue weighted by molar-refractivity contribution is 7.13. The van der Waals surface area contributed by atoms with Crippen molar-refractivity contribution in [2.24, 2.45) is 0 Å². The summed E-state index contributed by atoms with van der Waals surface area (Å²) in [7, 11) is 0. The summed E-state index contributed by atoms with van der Waals surface area (Å²) in [4.78, 5) is 5.36. The molecule has 2 heterocycles. The third-order valence-electron chi connectivity index (χ3n) is 2.16. The molecule has 0 aliphatic carbocycles. The summed E-state index contributed by atoms with van der Waals surface area (Å²) in [5.41, 5.74) is 0.995. The topological polar surface area (TPSA) is 34.1 Å². The van der Waals surface area contributed by atoms with Crippen LogP contribution in [0.4, 0.5) is 8.78 Å². The second-order valence-corrected chi connectivity index (χ2v) is 4.35. The molecule has 0 radical (unpaired) electrons. The fraction of sp³-hybridized carbons (Fsp3) is 0.667. The highest BCUT2D eigenvalue weighted by Gasteiger charge is 2.15. The minimum atomic E-state index is -2.43. The van der Waals surface area contributed by atoms with E-state index in [1.807, 2.05) is 0 Å². The third-order valence-corrected chi connectivity index (χ3v) is 3.23. The molecular formula is C9H12F2N2OS. The van der Waals surface area contributed by atoms with Crippen LogP contribution in [0, 0.1) is 0 Å². The molecule has 0 unspecified atom stereocenters. The summed E-state index contributed by atoms with van der Waals surface area (Å²) in [6.07, 6.45) is -0.676. The summed E-state index contributed by atoms with van der Waals surface area (Å²) in [5.74, 6) is 0. The minimum absolute atomic E-state index is 0.377. The Hall–Kier alpha value is -0.750. The van der Waals surface area contributed by atoms with Gasteiger partial charge in [0.2, 0.25) is 0 Å². The lowest BCUT2D eigenvalue weighted by Gasteiger charge is -2.00. The molecule has 6 heteroatoms. The van der Waals surface area contributed by atoms with Crippen LogP contribution in [0.1, 0.15) is 10.6 Å². The standard InChI is InChI=1S/C9H12F2N2OS/c10-8(11)5-14-9-13-6-1-3-12-4-2-7(6)15-9/h8,12H,1-5H2. The van der Waals surface area contributed by atoms with E-state index in [0.717, 1.165) is 36.5 Å². The molecule has 1 aromatic heterocycles. The van der Waals surface area contributed by atoms with Gasteiger partial charge in [0.25, 0.3) is 11.6 Å². The predicted octanol–water partition coefficient (Wildman–Crippen LogP) is 1.48. The molecule has 3 nitrogen and oxygen atoms in total. The van der Waals surface area contributed by atoms with Crippen molar-refractivity contribution in [2.75, 3.05) is 19.7 Å². The molecule has 0 saturated carbocycles. The largest absolute Gasteiger partial charge is 0.464 e. The van der Waals surface area contributed by atoms with Crippen molar-refractivity contribution >= 4 is 11.3 Å². The van der Waals surface area contributed by atoms with Gasteiger partial charge in [-0.1, -0.05) is 11.3 Å². The number of alkyl halides is 2. The maximum absolute atomic E-state index is 11.9. The number of hydrogen-bond acceptors (Lipinski definition) is 4. The van der Waals surface area contributed by atoms with Crippen molar-refractivity contribution in [3.63, 3.8) is 0 Å². The van der Waals surface area contributed by atoms with E-state index < -0.39 is 13.0 Å². The lowest BCUT2D eigenvalue weighted by atomic mass is 10.2. The Morgan fingerprint density at radius 3 is 3.00 bits per heavy atom. The first-order valence-corrected chi connectivity index (χ1v) is 5.67. The van der Waals surface area contributed by atoms with Crippen LogP contribution < -0.4 is 10.1 Å². The molecule has 1 aromatic rings. The molecule has 0 aromatic carbocycles. The van der Waals surface area contributed by atoms with Crippen LogP contribution in [-0.2, 0) is 12.8 Å². The van der Waals surface area contributed by atoms with Gasteiger partial charge < -0.3 is 10.1 Å². The highest BCUT2D eigenvalue weighted by atomic mass is 32.1. The summed E-state index contributed by atoms with van der Waals surface area (Å²) in [6, 6.07) is 0. The van der Waals surface area contributed by atoms with Crippen molar-refractivity contribution < 1.29 is 13.5 Å². The molecular weight excluding hydrogens is 222 g/mol. The number of hydrogen-bond donors (Lipinski definition) is 1. The van der Waals surface area contributed by atoms with E-state index in [4.69, 9.17) is 4.74 Å². The van der Waals surface area contributed by atoms with Gasteiger partial charge in [0.05, 0.1) is 5.69 Å². The van der Waals surface area contributed by atoms with E-state index in [-0.39, 0.29) is 0 Å². The average Bonchev–Trinajstić information content (AvgIpc) is 2.46. The zero-order valence-corrected chi connectivity index (χ0v) is 8.95. The summed E-state index contributed by atoms with van der Waals surface area (Å²) in [5, 5.41) is 3.63. The van der Waals surface area contributed by atoms with E-state index in [1.54, 1.807) is 0 Å². The number of thiazole rings is 1. The van der Waals surface area contributed by atoms with Gasteiger partial charge in [0.15, 0.2) is 6.61 Å². The van der Waals surface area contributed by atoms with Crippen molar-refractivity contribution in [1.29, 1.82) is 0 Å². The first-order chi connectivity index (χ1) is 7.25. The Morgan fingerprint density at radius 2 is 2.20 bits per heavy atom. The van der Waals surface area contributed by atoms with Crippen LogP contribution in [0.3, 0.4) is 0 Å². The predicted molar refractivity (Wildman–Crippen MR) is 53.9 cm³/mol. The third kappa shape index (κ3) is 2.85. The van der Waals surface area contributed by atoms with Crippen molar-refractivity contribution in [2.45, 2.75) is 19.3 Å². The van der Waals surface area contributed by atoms with Gasteiger partial charge in [0, 0.05) is 24.4 Å². The van der Waals surface area contributed by atoms with Crippen LogP contribution in [0.2, 0.25) is 0 Å². The maximum Gasteiger partial charge on any atom is 0.273 e. The van der Waals surface area contributed by atoms with E-state index in [2.05, 4.69) is 10.3 Å². The molecule has 0 spiro atoms. The van der Waals surface area contributed by atoms with Gasteiger partial charge in [-0.2, -0.15) is 0 Å². The van der Waals surface area contributed by atoms with Gasteiger partial charge in [-0.3, -0.25) is 0 Å². The second-order valence-electron chi connectivity index (χ2n) is 3.30. The number of nitrogens with zero attached hydrogens (tertiary/aromatic N) is 1. The SMILES string of the molecule is FC(F)COc1nc2c(s1)CCNCC2. The Bertz CT molecular complexity index is 306. The molecule has 15 heavy (non-hydrogen) atoms. The van der Waals surface area contributed by atoms with Gasteiger partial charge in [0.1, 0.15) is 0 Å². The molecule has 1 aliphatic rings. The number of halogens is 2. The van der Waals surface area contributed by atoms with E-state index in [0.29, 0.717) is 5.19 Å². The van der Waals surface area contributed by atoms with Gasteiger partial charge in [-0.05, 0) is 6.42 Å². The van der Waals surface area contributed by atoms with Crippen molar-refractivity contribution in [3.05, 3.63) is 10.6 Å². The Morgan fingerprint density at radius 1 is 1.40 bits per heavy atom. The first-order valence-electron chi connectivity index (χ1n) is 4.86. The average molecular weight is 234 g/mol. The molecule has 84 valence electrons. The normalized spacial score (nSPS) is 16.2. The first kappa shape index (κ1) is 10.8. The Labute approximate surface area is 90.5 Å². The van der Waals surface area contributed by atoms with Crippen molar-refractivity contribution in [3.8, 4) is 5.19 Å². The molecule has 1 aliphatic heterocycles. The zero-order chi connectivity index (χ0) is 10.7. The zero-order valence-electron chi connectivity index (χ0n) is 8.13. The molecule has 0 bridgehead atoms. The Balaban J connectivity index is 2.02. The minimum Gasteiger partial charge on any atom is -0.464 e. The number of aromatic nitrogens is 1. The quantitative estimate of drug-likeness (QED) is 0.860. The number of rotatable bonds is 3. The van der Waals surface area contributed by atoms with E-state index >= 15 is 0 Å². The number of nitrogens with one attached hydrogen (secondary N) is 1. The van der Waals surface area contributed by atoms with E-state index in [1.165, 1.54) is 11.3 Å². The van der Waals surface area contributed by atoms with Crippen LogP contribution >= 0.6 is 11.3 Å².